The lowest BCUT2D eigenvalue weighted by Gasteiger charge is -2.26. The van der Waals surface area contributed by atoms with Crippen LogP contribution in [0.5, 0.6) is 0 Å². The topological polar surface area (TPSA) is 72.0 Å². The SMILES string of the molecule is CCNC(=NCc1cccc(NC(=O)CN(C)C)c1)NCCN1CCCCC1. The monoisotopic (exact) mass is 388 g/mol. The van der Waals surface area contributed by atoms with Gasteiger partial charge in [-0.05, 0) is 64.6 Å². The lowest BCUT2D eigenvalue weighted by Crippen LogP contribution is -2.42. The number of carbonyl (C=O) groups is 1. The summed E-state index contributed by atoms with van der Waals surface area (Å²) in [7, 11) is 3.76. The maximum Gasteiger partial charge on any atom is 0.238 e. The van der Waals surface area contributed by atoms with E-state index in [1.807, 2.05) is 43.3 Å². The van der Waals surface area contributed by atoms with Crippen molar-refractivity contribution in [1.82, 2.24) is 20.4 Å². The van der Waals surface area contributed by atoms with E-state index >= 15 is 0 Å². The van der Waals surface area contributed by atoms with E-state index < -0.39 is 0 Å². The summed E-state index contributed by atoms with van der Waals surface area (Å²) in [5.74, 6) is 0.819. The standard InChI is InChI=1S/C21H36N6O/c1-4-22-21(23-11-14-27-12-6-5-7-13-27)24-16-18-9-8-10-19(15-18)25-20(28)17-26(2)3/h8-10,15H,4-7,11-14,16-17H2,1-3H3,(H,25,28)(H2,22,23,24). The number of piperidine rings is 1. The zero-order chi connectivity index (χ0) is 20.2. The predicted octanol–water partition coefficient (Wildman–Crippen LogP) is 1.73. The zero-order valence-electron chi connectivity index (χ0n) is 17.6. The van der Waals surface area contributed by atoms with Gasteiger partial charge in [-0.15, -0.1) is 0 Å². The van der Waals surface area contributed by atoms with Crippen molar-refractivity contribution >= 4 is 17.6 Å². The molecule has 0 aliphatic carbocycles. The largest absolute Gasteiger partial charge is 0.357 e. The highest BCUT2D eigenvalue weighted by Gasteiger charge is 2.09. The fourth-order valence-electron chi connectivity index (χ4n) is 3.26. The van der Waals surface area contributed by atoms with Gasteiger partial charge < -0.3 is 25.8 Å². The third kappa shape index (κ3) is 8.71. The molecule has 0 spiro atoms. The molecule has 3 N–H and O–H groups in total. The molecule has 0 radical (unpaired) electrons. The number of aliphatic imine (C=N–C) groups is 1. The van der Waals surface area contributed by atoms with Crippen molar-refractivity contribution in [3.8, 4) is 0 Å². The number of anilines is 1. The summed E-state index contributed by atoms with van der Waals surface area (Å²) in [5, 5.41) is 9.66. The average molecular weight is 389 g/mol. The van der Waals surface area contributed by atoms with Crippen LogP contribution in [0.1, 0.15) is 31.7 Å². The van der Waals surface area contributed by atoms with E-state index in [-0.39, 0.29) is 5.91 Å². The molecule has 1 fully saturated rings. The molecule has 7 nitrogen and oxygen atoms in total. The van der Waals surface area contributed by atoms with Gasteiger partial charge in [0.25, 0.3) is 0 Å². The lowest BCUT2D eigenvalue weighted by molar-refractivity contribution is -0.116. The molecule has 0 atom stereocenters. The maximum absolute atomic E-state index is 11.9. The Morgan fingerprint density at radius 2 is 1.96 bits per heavy atom. The van der Waals surface area contributed by atoms with Gasteiger partial charge in [0.1, 0.15) is 0 Å². The second-order valence-electron chi connectivity index (χ2n) is 7.51. The number of nitrogens with one attached hydrogen (secondary N) is 3. The second-order valence-corrected chi connectivity index (χ2v) is 7.51. The zero-order valence-corrected chi connectivity index (χ0v) is 17.6. The molecule has 1 aliphatic rings. The van der Waals surface area contributed by atoms with Crippen LogP contribution >= 0.6 is 0 Å². The van der Waals surface area contributed by atoms with Gasteiger partial charge in [0.15, 0.2) is 5.96 Å². The highest BCUT2D eigenvalue weighted by molar-refractivity contribution is 5.92. The minimum atomic E-state index is -0.0154. The Kier molecular flexibility index (Phi) is 9.79. The Morgan fingerprint density at radius 1 is 1.18 bits per heavy atom. The molecule has 1 aromatic rings. The number of carbonyl (C=O) groups excluding carboxylic acids is 1. The van der Waals surface area contributed by atoms with Crippen LogP contribution in [-0.2, 0) is 11.3 Å². The molecule has 28 heavy (non-hydrogen) atoms. The van der Waals surface area contributed by atoms with Crippen molar-refractivity contribution < 1.29 is 4.79 Å². The molecule has 0 aromatic heterocycles. The third-order valence-corrected chi connectivity index (χ3v) is 4.60. The maximum atomic E-state index is 11.9. The number of rotatable bonds is 9. The highest BCUT2D eigenvalue weighted by atomic mass is 16.2. The Hall–Kier alpha value is -2.12. The molecule has 1 amide bonds. The Labute approximate surface area is 169 Å². The van der Waals surface area contributed by atoms with E-state index in [0.717, 1.165) is 36.8 Å². The van der Waals surface area contributed by atoms with Crippen molar-refractivity contribution in [3.05, 3.63) is 29.8 Å². The summed E-state index contributed by atoms with van der Waals surface area (Å²) >= 11 is 0. The lowest BCUT2D eigenvalue weighted by atomic mass is 10.1. The van der Waals surface area contributed by atoms with Crippen LogP contribution < -0.4 is 16.0 Å². The van der Waals surface area contributed by atoms with E-state index in [4.69, 9.17) is 0 Å². The molecule has 1 aliphatic heterocycles. The molecule has 1 heterocycles. The summed E-state index contributed by atoms with van der Waals surface area (Å²) in [6.45, 7) is 8.21. The number of likely N-dealkylation sites (N-methyl/N-ethyl adjacent to an activating group) is 1. The number of amides is 1. The number of guanidine groups is 1. The van der Waals surface area contributed by atoms with Crippen LogP contribution in [0.4, 0.5) is 5.69 Å². The van der Waals surface area contributed by atoms with E-state index in [0.29, 0.717) is 13.1 Å². The van der Waals surface area contributed by atoms with Gasteiger partial charge in [-0.3, -0.25) is 4.79 Å². The Morgan fingerprint density at radius 3 is 2.68 bits per heavy atom. The molecule has 2 rings (SSSR count). The van der Waals surface area contributed by atoms with Crippen LogP contribution in [0.2, 0.25) is 0 Å². The van der Waals surface area contributed by atoms with Gasteiger partial charge >= 0.3 is 0 Å². The van der Waals surface area contributed by atoms with Crippen molar-refractivity contribution in [2.45, 2.75) is 32.7 Å². The summed E-state index contributed by atoms with van der Waals surface area (Å²) < 4.78 is 0. The third-order valence-electron chi connectivity index (χ3n) is 4.60. The Bertz CT molecular complexity index is 625. The number of nitrogens with zero attached hydrogens (tertiary/aromatic N) is 3. The van der Waals surface area contributed by atoms with Crippen LogP contribution in [0, 0.1) is 0 Å². The van der Waals surface area contributed by atoms with E-state index in [9.17, 15) is 4.79 Å². The first-order chi connectivity index (χ1) is 13.6. The Balaban J connectivity index is 1.85. The normalized spacial score (nSPS) is 15.5. The fraction of sp³-hybridized carbons (Fsp3) is 0.619. The van der Waals surface area contributed by atoms with Gasteiger partial charge in [0.05, 0.1) is 13.1 Å². The van der Waals surface area contributed by atoms with E-state index in [1.165, 1.54) is 32.4 Å². The molecular weight excluding hydrogens is 352 g/mol. The van der Waals surface area contributed by atoms with E-state index in [2.05, 4.69) is 32.8 Å². The molecule has 0 bridgehead atoms. The summed E-state index contributed by atoms with van der Waals surface area (Å²) in [6.07, 6.45) is 3.99. The molecular formula is C21H36N6O. The van der Waals surface area contributed by atoms with E-state index in [1.54, 1.807) is 0 Å². The number of hydrogen-bond donors (Lipinski definition) is 3. The van der Waals surface area contributed by atoms with Crippen molar-refractivity contribution in [3.63, 3.8) is 0 Å². The van der Waals surface area contributed by atoms with Crippen LogP contribution in [-0.4, -0.2) is 75.0 Å². The predicted molar refractivity (Wildman–Crippen MR) is 117 cm³/mol. The van der Waals surface area contributed by atoms with Gasteiger partial charge in [-0.25, -0.2) is 4.99 Å². The molecule has 1 aromatic carbocycles. The number of hydrogen-bond acceptors (Lipinski definition) is 4. The van der Waals surface area contributed by atoms with Crippen LogP contribution in [0.3, 0.4) is 0 Å². The quantitative estimate of drug-likeness (QED) is 0.444. The summed E-state index contributed by atoms with van der Waals surface area (Å²) in [5.41, 5.74) is 1.87. The first-order valence-electron chi connectivity index (χ1n) is 10.3. The smallest absolute Gasteiger partial charge is 0.238 e. The summed E-state index contributed by atoms with van der Waals surface area (Å²) in [6, 6.07) is 7.87. The van der Waals surface area contributed by atoms with Crippen LogP contribution in [0.15, 0.2) is 29.3 Å². The minimum Gasteiger partial charge on any atom is -0.357 e. The number of benzene rings is 1. The highest BCUT2D eigenvalue weighted by Crippen LogP contribution is 2.12. The first-order valence-corrected chi connectivity index (χ1v) is 10.3. The average Bonchev–Trinajstić information content (AvgIpc) is 2.66. The molecule has 0 saturated carbocycles. The first kappa shape index (κ1) is 22.2. The molecule has 1 saturated heterocycles. The minimum absolute atomic E-state index is 0.0154. The van der Waals surface area contributed by atoms with Gasteiger partial charge in [-0.1, -0.05) is 18.6 Å². The second kappa shape index (κ2) is 12.4. The summed E-state index contributed by atoms with van der Waals surface area (Å²) in [4.78, 5) is 21.0. The van der Waals surface area contributed by atoms with Crippen LogP contribution in [0.25, 0.3) is 0 Å². The van der Waals surface area contributed by atoms with Gasteiger partial charge in [0, 0.05) is 25.3 Å². The van der Waals surface area contributed by atoms with Gasteiger partial charge in [-0.2, -0.15) is 0 Å². The molecule has 156 valence electrons. The fourth-order valence-corrected chi connectivity index (χ4v) is 3.26. The van der Waals surface area contributed by atoms with Crippen molar-refractivity contribution in [2.75, 3.05) is 58.7 Å². The molecule has 0 unspecified atom stereocenters. The van der Waals surface area contributed by atoms with Gasteiger partial charge in [0.2, 0.25) is 5.91 Å². The van der Waals surface area contributed by atoms with Crippen molar-refractivity contribution in [2.24, 2.45) is 4.99 Å². The number of likely N-dealkylation sites (tertiary alicyclic amines) is 1. The van der Waals surface area contributed by atoms with Crippen molar-refractivity contribution in [1.29, 1.82) is 0 Å². The molecule has 7 heteroatoms.